The first-order valence-corrected chi connectivity index (χ1v) is 5.77. The predicted octanol–water partition coefficient (Wildman–Crippen LogP) is -0.424. The van der Waals surface area contributed by atoms with E-state index >= 15 is 0 Å². The van der Waals surface area contributed by atoms with E-state index in [-0.39, 0.29) is 46.4 Å². The summed E-state index contributed by atoms with van der Waals surface area (Å²) < 4.78 is 0. The quantitative estimate of drug-likeness (QED) is 0.586. The Morgan fingerprint density at radius 2 is 1.41 bits per heavy atom. The van der Waals surface area contributed by atoms with Gasteiger partial charge >= 0.3 is 41.5 Å². The average Bonchev–Trinajstić information content (AvgIpc) is 2.46. The zero-order chi connectivity index (χ0) is 15.4. The molecule has 2 N–H and O–H groups in total. The fourth-order valence-corrected chi connectivity index (χ4v) is 1.53. The molecule has 0 aliphatic rings. The van der Waals surface area contributed by atoms with Crippen LogP contribution < -0.4 is 34.7 Å². The van der Waals surface area contributed by atoms with Crippen molar-refractivity contribution in [2.45, 2.75) is 0 Å². The van der Waals surface area contributed by atoms with E-state index in [1.165, 1.54) is 30.3 Å². The molecule has 106 valence electrons. The van der Waals surface area contributed by atoms with Gasteiger partial charge in [0.05, 0.1) is 22.5 Å². The van der Waals surface area contributed by atoms with Crippen LogP contribution >= 0.6 is 0 Å². The van der Waals surface area contributed by atoms with E-state index in [0.717, 1.165) is 12.1 Å². The van der Waals surface area contributed by atoms with Crippen molar-refractivity contribution in [2.75, 3.05) is 0 Å². The van der Waals surface area contributed by atoms with Gasteiger partial charge < -0.3 is 15.3 Å². The Kier molecular flexibility index (Phi) is 6.24. The molecule has 0 bridgehead atoms. The Balaban J connectivity index is 0.00000242. The van der Waals surface area contributed by atoms with E-state index in [1.807, 2.05) is 0 Å². The number of aromatic carboxylic acids is 2. The maximum Gasteiger partial charge on any atom is 1.00 e. The molecular weight excluding hydrogens is 299 g/mol. The van der Waals surface area contributed by atoms with Crippen molar-refractivity contribution in [3.05, 3.63) is 53.6 Å². The van der Waals surface area contributed by atoms with Crippen LogP contribution in [0.5, 0.6) is 5.75 Å². The number of azo groups is 1. The molecule has 0 aliphatic heterocycles. The van der Waals surface area contributed by atoms with Crippen molar-refractivity contribution in [3.8, 4) is 5.75 Å². The second-order valence-corrected chi connectivity index (χ2v) is 4.04. The van der Waals surface area contributed by atoms with Crippen molar-refractivity contribution in [1.82, 2.24) is 0 Å². The van der Waals surface area contributed by atoms with Gasteiger partial charge in [0.2, 0.25) is 0 Å². The molecule has 2 aromatic rings. The average molecular weight is 308 g/mol. The van der Waals surface area contributed by atoms with Crippen molar-refractivity contribution < 1.29 is 54.5 Å². The maximum absolute atomic E-state index is 11.3. The Bertz CT molecular complexity index is 729. The van der Waals surface area contributed by atoms with E-state index < -0.39 is 17.7 Å². The van der Waals surface area contributed by atoms with Gasteiger partial charge in [-0.15, -0.1) is 0 Å². The van der Waals surface area contributed by atoms with Gasteiger partial charge in [0.15, 0.2) is 0 Å². The van der Waals surface area contributed by atoms with Crippen LogP contribution in [0.3, 0.4) is 0 Å². The van der Waals surface area contributed by atoms with Crippen LogP contribution in [0.1, 0.15) is 20.7 Å². The molecule has 0 aliphatic carbocycles. The van der Waals surface area contributed by atoms with Gasteiger partial charge in [0.25, 0.3) is 0 Å². The minimum atomic E-state index is -1.33. The first-order chi connectivity index (χ1) is 9.97. The fraction of sp³-hybridized carbons (Fsp3) is 0. The van der Waals surface area contributed by atoms with E-state index in [1.54, 1.807) is 0 Å². The van der Waals surface area contributed by atoms with Crippen LogP contribution in [0.15, 0.2) is 52.7 Å². The Morgan fingerprint density at radius 1 is 0.864 bits per heavy atom. The fourth-order valence-electron chi connectivity index (χ4n) is 1.53. The van der Waals surface area contributed by atoms with Crippen LogP contribution in [0.4, 0.5) is 11.4 Å². The molecule has 0 fully saturated rings. The smallest absolute Gasteiger partial charge is 0.872 e. The standard InChI is InChI=1S/C14H10N2O5.Na/c17-12-6-5-10(7-11(12)14(20)21)16-15-9-3-1-8(2-4-9)13(18)19;/h1-7,17H,(H,18,19)(H,20,21);/q;+1/p-1. The Hall–Kier alpha value is -2.22. The van der Waals surface area contributed by atoms with Gasteiger partial charge in [0.1, 0.15) is 0 Å². The third-order valence-electron chi connectivity index (χ3n) is 2.59. The van der Waals surface area contributed by atoms with E-state index in [4.69, 9.17) is 10.2 Å². The number of hydrogen-bond acceptors (Lipinski definition) is 5. The van der Waals surface area contributed by atoms with Gasteiger partial charge in [-0.1, -0.05) is 11.8 Å². The predicted molar refractivity (Wildman–Crippen MR) is 70.4 cm³/mol. The summed E-state index contributed by atoms with van der Waals surface area (Å²) in [6.07, 6.45) is 0. The van der Waals surface area contributed by atoms with Gasteiger partial charge in [0, 0.05) is 0 Å². The van der Waals surface area contributed by atoms with Crippen LogP contribution in [0.2, 0.25) is 0 Å². The second-order valence-electron chi connectivity index (χ2n) is 4.04. The molecule has 0 unspecified atom stereocenters. The molecule has 7 nitrogen and oxygen atoms in total. The van der Waals surface area contributed by atoms with Gasteiger partial charge in [-0.25, -0.2) is 9.59 Å². The zero-order valence-electron chi connectivity index (χ0n) is 11.6. The molecule has 0 spiro atoms. The number of carboxylic acids is 2. The van der Waals surface area contributed by atoms with Gasteiger partial charge in [-0.2, -0.15) is 10.2 Å². The summed E-state index contributed by atoms with van der Waals surface area (Å²) in [6, 6.07) is 9.26. The van der Waals surface area contributed by atoms with Crippen molar-refractivity contribution in [1.29, 1.82) is 0 Å². The van der Waals surface area contributed by atoms with Crippen LogP contribution in [0.25, 0.3) is 0 Å². The normalized spacial score (nSPS) is 10.2. The zero-order valence-corrected chi connectivity index (χ0v) is 13.6. The minimum Gasteiger partial charge on any atom is -0.872 e. The van der Waals surface area contributed by atoms with Crippen LogP contribution in [-0.4, -0.2) is 22.2 Å². The minimum absolute atomic E-state index is 0. The van der Waals surface area contributed by atoms with Gasteiger partial charge in [-0.3, -0.25) is 0 Å². The molecular formula is C14H9N2NaO5. The topological polar surface area (TPSA) is 122 Å². The summed E-state index contributed by atoms with van der Waals surface area (Å²) in [5.74, 6) is -2.98. The largest absolute Gasteiger partial charge is 1.00 e. The molecule has 8 heteroatoms. The number of nitrogens with zero attached hydrogens (tertiary/aromatic N) is 2. The molecule has 2 aromatic carbocycles. The van der Waals surface area contributed by atoms with Crippen LogP contribution in [-0.2, 0) is 0 Å². The number of carbonyl (C=O) groups is 2. The van der Waals surface area contributed by atoms with Gasteiger partial charge in [-0.05, 0) is 36.4 Å². The number of rotatable bonds is 4. The van der Waals surface area contributed by atoms with E-state index in [9.17, 15) is 14.7 Å². The molecule has 0 aromatic heterocycles. The van der Waals surface area contributed by atoms with Crippen molar-refractivity contribution >= 4 is 23.3 Å². The summed E-state index contributed by atoms with van der Waals surface area (Å²) in [6.45, 7) is 0. The van der Waals surface area contributed by atoms with E-state index in [0.29, 0.717) is 5.69 Å². The maximum atomic E-state index is 11.3. The summed E-state index contributed by atoms with van der Waals surface area (Å²) in [7, 11) is 0. The molecule has 0 saturated carbocycles. The first kappa shape index (κ1) is 17.8. The molecule has 2 rings (SSSR count). The molecule has 0 saturated heterocycles. The number of hydrogen-bond donors (Lipinski definition) is 2. The Morgan fingerprint density at radius 3 is 1.95 bits per heavy atom. The molecule has 0 amide bonds. The molecule has 22 heavy (non-hydrogen) atoms. The molecule has 0 atom stereocenters. The monoisotopic (exact) mass is 308 g/mol. The number of benzene rings is 2. The van der Waals surface area contributed by atoms with Crippen molar-refractivity contribution in [3.63, 3.8) is 0 Å². The molecule has 0 heterocycles. The van der Waals surface area contributed by atoms with Crippen LogP contribution in [0, 0.1) is 0 Å². The third-order valence-corrected chi connectivity index (χ3v) is 2.59. The molecule has 0 radical (unpaired) electrons. The summed E-state index contributed by atoms with van der Waals surface area (Å²) in [4.78, 5) is 21.5. The number of carboxylic acid groups (broad SMARTS) is 2. The summed E-state index contributed by atoms with van der Waals surface area (Å²) in [5.41, 5.74) is 0.364. The van der Waals surface area contributed by atoms with Crippen molar-refractivity contribution in [2.24, 2.45) is 10.2 Å². The third kappa shape index (κ3) is 4.39. The summed E-state index contributed by atoms with van der Waals surface area (Å²) >= 11 is 0. The van der Waals surface area contributed by atoms with E-state index in [2.05, 4.69) is 10.2 Å². The second kappa shape index (κ2) is 7.69. The first-order valence-electron chi connectivity index (χ1n) is 5.77. The summed E-state index contributed by atoms with van der Waals surface area (Å²) in [5, 5.41) is 36.5. The SMILES string of the molecule is O=C(O)c1ccc(N=Nc2ccc([O-])c(C(=O)O)c2)cc1.[Na+]. The Labute approximate surface area is 147 Å².